The van der Waals surface area contributed by atoms with Gasteiger partial charge >= 0.3 is 0 Å². The van der Waals surface area contributed by atoms with Gasteiger partial charge in [-0.25, -0.2) is 8.42 Å². The number of hydrogen-bond donors (Lipinski definition) is 0. The standard InChI is InChI=1S/C11H13N3O2S/c1-2-9-7-14(8-9)17(15,16)11-3-10(4-12)5-13-6-11/h3,5-6,9H,2,7-8H2,1H3. The summed E-state index contributed by atoms with van der Waals surface area (Å²) in [6.07, 6.45) is 3.63. The van der Waals surface area contributed by atoms with Gasteiger partial charge in [0.15, 0.2) is 0 Å². The lowest BCUT2D eigenvalue weighted by molar-refractivity contribution is 0.196. The van der Waals surface area contributed by atoms with Crippen molar-refractivity contribution in [2.75, 3.05) is 13.1 Å². The molecular weight excluding hydrogens is 238 g/mol. The highest BCUT2D eigenvalue weighted by Gasteiger charge is 2.35. The van der Waals surface area contributed by atoms with Crippen molar-refractivity contribution in [3.63, 3.8) is 0 Å². The Balaban J connectivity index is 2.24. The molecule has 90 valence electrons. The zero-order chi connectivity index (χ0) is 12.5. The summed E-state index contributed by atoms with van der Waals surface area (Å²) in [7, 11) is -3.46. The SMILES string of the molecule is CCC1CN(S(=O)(=O)c2cncc(C#N)c2)C1. The maximum atomic E-state index is 12.1. The number of pyridine rings is 1. The molecule has 2 rings (SSSR count). The van der Waals surface area contributed by atoms with Crippen LogP contribution in [0.15, 0.2) is 23.4 Å². The molecule has 0 aliphatic carbocycles. The van der Waals surface area contributed by atoms with Gasteiger partial charge in [0, 0.05) is 25.5 Å². The van der Waals surface area contributed by atoms with Crippen molar-refractivity contribution in [3.05, 3.63) is 24.0 Å². The molecule has 0 atom stereocenters. The monoisotopic (exact) mass is 251 g/mol. The fourth-order valence-corrected chi connectivity index (χ4v) is 3.33. The minimum absolute atomic E-state index is 0.103. The molecule has 0 spiro atoms. The van der Waals surface area contributed by atoms with Gasteiger partial charge < -0.3 is 0 Å². The molecular formula is C11H13N3O2S. The molecule has 0 saturated carbocycles. The number of sulfonamides is 1. The molecule has 2 heterocycles. The van der Waals surface area contributed by atoms with E-state index in [1.165, 1.54) is 22.8 Å². The van der Waals surface area contributed by atoms with Crippen molar-refractivity contribution in [2.45, 2.75) is 18.2 Å². The Morgan fingerprint density at radius 1 is 1.53 bits per heavy atom. The Morgan fingerprint density at radius 2 is 2.24 bits per heavy atom. The highest BCUT2D eigenvalue weighted by Crippen LogP contribution is 2.26. The van der Waals surface area contributed by atoms with E-state index in [0.717, 1.165) is 6.42 Å². The van der Waals surface area contributed by atoms with Crippen molar-refractivity contribution in [3.8, 4) is 6.07 Å². The molecule has 1 aliphatic heterocycles. The van der Waals surface area contributed by atoms with Gasteiger partial charge in [0.25, 0.3) is 0 Å². The van der Waals surface area contributed by atoms with Crippen molar-refractivity contribution >= 4 is 10.0 Å². The van der Waals surface area contributed by atoms with Gasteiger partial charge in [-0.2, -0.15) is 9.57 Å². The van der Waals surface area contributed by atoms with Crippen LogP contribution in [-0.2, 0) is 10.0 Å². The van der Waals surface area contributed by atoms with Crippen molar-refractivity contribution in [1.82, 2.24) is 9.29 Å². The molecule has 1 aromatic rings. The molecule has 6 heteroatoms. The summed E-state index contributed by atoms with van der Waals surface area (Å²) in [6, 6.07) is 3.25. The summed E-state index contributed by atoms with van der Waals surface area (Å²) < 4.78 is 25.7. The lowest BCUT2D eigenvalue weighted by Gasteiger charge is -2.37. The molecule has 0 unspecified atom stereocenters. The predicted octanol–water partition coefficient (Wildman–Crippen LogP) is 0.984. The zero-order valence-electron chi connectivity index (χ0n) is 9.50. The minimum Gasteiger partial charge on any atom is -0.262 e. The van der Waals surface area contributed by atoms with Crippen molar-refractivity contribution < 1.29 is 8.42 Å². The smallest absolute Gasteiger partial charge is 0.244 e. The number of hydrogen-bond acceptors (Lipinski definition) is 4. The molecule has 0 amide bonds. The molecule has 0 bridgehead atoms. The number of nitrogens with zero attached hydrogens (tertiary/aromatic N) is 3. The molecule has 17 heavy (non-hydrogen) atoms. The van der Waals surface area contributed by atoms with Gasteiger partial charge in [-0.3, -0.25) is 4.98 Å². The second kappa shape index (κ2) is 4.43. The highest BCUT2D eigenvalue weighted by atomic mass is 32.2. The van der Waals surface area contributed by atoms with E-state index < -0.39 is 10.0 Å². The zero-order valence-corrected chi connectivity index (χ0v) is 10.3. The van der Waals surface area contributed by atoms with E-state index in [1.807, 2.05) is 13.0 Å². The Bertz CT molecular complexity index is 556. The lowest BCUT2D eigenvalue weighted by Crippen LogP contribution is -2.49. The quantitative estimate of drug-likeness (QED) is 0.802. The second-order valence-corrected chi connectivity index (χ2v) is 6.06. The molecule has 1 aliphatic rings. The topological polar surface area (TPSA) is 74.1 Å². The van der Waals surface area contributed by atoms with E-state index >= 15 is 0 Å². The third-order valence-corrected chi connectivity index (χ3v) is 4.78. The van der Waals surface area contributed by atoms with Gasteiger partial charge in [-0.1, -0.05) is 13.3 Å². The summed E-state index contributed by atoms with van der Waals surface area (Å²) in [4.78, 5) is 3.88. The molecule has 0 N–H and O–H groups in total. The Labute approximate surface area is 101 Å². The van der Waals surface area contributed by atoms with Crippen LogP contribution in [0.25, 0.3) is 0 Å². The first kappa shape index (κ1) is 12.0. The molecule has 1 aromatic heterocycles. The first-order chi connectivity index (χ1) is 8.07. The van der Waals surface area contributed by atoms with E-state index in [1.54, 1.807) is 0 Å². The normalized spacial score (nSPS) is 17.4. The third-order valence-electron chi connectivity index (χ3n) is 2.98. The van der Waals surface area contributed by atoms with E-state index in [4.69, 9.17) is 5.26 Å². The summed E-state index contributed by atoms with van der Waals surface area (Å²) >= 11 is 0. The summed E-state index contributed by atoms with van der Waals surface area (Å²) in [5, 5.41) is 8.72. The molecule has 5 nitrogen and oxygen atoms in total. The molecule has 0 aromatic carbocycles. The van der Waals surface area contributed by atoms with Crippen LogP contribution in [0, 0.1) is 17.2 Å². The molecule has 1 saturated heterocycles. The van der Waals surface area contributed by atoms with Crippen LogP contribution in [0.4, 0.5) is 0 Å². The van der Waals surface area contributed by atoms with E-state index in [0.29, 0.717) is 19.0 Å². The van der Waals surface area contributed by atoms with Crippen LogP contribution in [0.2, 0.25) is 0 Å². The second-order valence-electron chi connectivity index (χ2n) is 4.12. The van der Waals surface area contributed by atoms with Crippen molar-refractivity contribution in [1.29, 1.82) is 5.26 Å². The maximum absolute atomic E-state index is 12.1. The number of aromatic nitrogens is 1. The van der Waals surface area contributed by atoms with Crippen LogP contribution in [0.1, 0.15) is 18.9 Å². The van der Waals surface area contributed by atoms with Gasteiger partial charge in [-0.05, 0) is 12.0 Å². The number of rotatable bonds is 3. The van der Waals surface area contributed by atoms with Gasteiger partial charge in [0.2, 0.25) is 10.0 Å². The number of nitriles is 1. The highest BCUT2D eigenvalue weighted by molar-refractivity contribution is 7.89. The summed E-state index contributed by atoms with van der Waals surface area (Å²) in [5.74, 6) is 0.455. The lowest BCUT2D eigenvalue weighted by atomic mass is 10.0. The van der Waals surface area contributed by atoms with Crippen LogP contribution in [-0.4, -0.2) is 30.8 Å². The van der Waals surface area contributed by atoms with Crippen LogP contribution in [0.3, 0.4) is 0 Å². The fraction of sp³-hybridized carbons (Fsp3) is 0.455. The van der Waals surface area contributed by atoms with E-state index in [-0.39, 0.29) is 10.5 Å². The summed E-state index contributed by atoms with van der Waals surface area (Å²) in [5.41, 5.74) is 0.263. The average molecular weight is 251 g/mol. The van der Waals surface area contributed by atoms with E-state index in [2.05, 4.69) is 4.98 Å². The van der Waals surface area contributed by atoms with Gasteiger partial charge in [0.1, 0.15) is 11.0 Å². The average Bonchev–Trinajstić information content (AvgIpc) is 2.27. The van der Waals surface area contributed by atoms with Crippen LogP contribution >= 0.6 is 0 Å². The minimum atomic E-state index is -3.46. The van der Waals surface area contributed by atoms with Gasteiger partial charge in [-0.15, -0.1) is 0 Å². The van der Waals surface area contributed by atoms with Crippen molar-refractivity contribution in [2.24, 2.45) is 5.92 Å². The van der Waals surface area contributed by atoms with Gasteiger partial charge in [0.05, 0.1) is 5.56 Å². The molecule has 0 radical (unpaired) electrons. The first-order valence-electron chi connectivity index (χ1n) is 5.43. The fourth-order valence-electron chi connectivity index (χ4n) is 1.75. The maximum Gasteiger partial charge on any atom is 0.244 e. The van der Waals surface area contributed by atoms with E-state index in [9.17, 15) is 8.42 Å². The Morgan fingerprint density at radius 3 is 2.82 bits per heavy atom. The third kappa shape index (κ3) is 2.16. The summed E-state index contributed by atoms with van der Waals surface area (Å²) in [6.45, 7) is 3.18. The van der Waals surface area contributed by atoms with Crippen LogP contribution in [0.5, 0.6) is 0 Å². The predicted molar refractivity (Wildman–Crippen MR) is 61.5 cm³/mol. The van der Waals surface area contributed by atoms with Crippen LogP contribution < -0.4 is 0 Å². The Hall–Kier alpha value is -1.45. The largest absolute Gasteiger partial charge is 0.262 e. The molecule has 1 fully saturated rings. The Kier molecular flexibility index (Phi) is 3.13. The first-order valence-corrected chi connectivity index (χ1v) is 6.87.